The second kappa shape index (κ2) is 23.7. The van der Waals surface area contributed by atoms with Crippen LogP contribution < -0.4 is 0 Å². The summed E-state index contributed by atoms with van der Waals surface area (Å²) in [7, 11) is 0. The predicted octanol–water partition coefficient (Wildman–Crippen LogP) is -4.43. The molecular formula is C11H29NO8. The van der Waals surface area contributed by atoms with Gasteiger partial charge in [0.15, 0.2) is 0 Å². The molecule has 0 saturated heterocycles. The fourth-order valence-electron chi connectivity index (χ4n) is 0.817. The lowest BCUT2D eigenvalue weighted by atomic mass is 10.4. The summed E-state index contributed by atoms with van der Waals surface area (Å²) >= 11 is 0. The Morgan fingerprint density at radius 3 is 0.950 bits per heavy atom. The van der Waals surface area contributed by atoms with E-state index in [1.54, 1.807) is 4.90 Å². The molecule has 0 aromatic carbocycles. The number of hydrogen-bond donors (Lipinski definition) is 8. The van der Waals surface area contributed by atoms with Gasteiger partial charge in [-0.2, -0.15) is 0 Å². The molecule has 126 valence electrons. The van der Waals surface area contributed by atoms with E-state index in [4.69, 9.17) is 40.9 Å². The maximum Gasteiger partial charge on any atom is 0.100 e. The van der Waals surface area contributed by atoms with Crippen LogP contribution >= 0.6 is 0 Å². The van der Waals surface area contributed by atoms with Crippen molar-refractivity contribution in [2.24, 2.45) is 0 Å². The number of aliphatic hydroxyl groups is 8. The lowest BCUT2D eigenvalue weighted by Crippen LogP contribution is -2.32. The van der Waals surface area contributed by atoms with Crippen molar-refractivity contribution in [1.82, 2.24) is 4.90 Å². The molecule has 0 aromatic heterocycles. The van der Waals surface area contributed by atoms with Crippen LogP contribution in [0.2, 0.25) is 0 Å². The molecule has 0 heterocycles. The molecule has 0 aliphatic carbocycles. The quantitative estimate of drug-likeness (QED) is 0.210. The van der Waals surface area contributed by atoms with Crippen LogP contribution in [0, 0.1) is 0 Å². The van der Waals surface area contributed by atoms with Gasteiger partial charge in [-0.05, 0) is 0 Å². The summed E-state index contributed by atoms with van der Waals surface area (Å²) in [5.41, 5.74) is 0. The van der Waals surface area contributed by atoms with E-state index in [1.807, 2.05) is 0 Å². The molecule has 9 nitrogen and oxygen atoms in total. The SMILES string of the molecule is OCC(O)CO.OCCN(CCO)CCO.OCCO. The minimum atomic E-state index is -0.954. The summed E-state index contributed by atoms with van der Waals surface area (Å²) < 4.78 is 0. The van der Waals surface area contributed by atoms with Gasteiger partial charge < -0.3 is 40.9 Å². The van der Waals surface area contributed by atoms with Gasteiger partial charge in [-0.15, -0.1) is 0 Å². The topological polar surface area (TPSA) is 165 Å². The van der Waals surface area contributed by atoms with Crippen LogP contribution in [-0.2, 0) is 0 Å². The highest BCUT2D eigenvalue weighted by Crippen LogP contribution is 1.84. The van der Waals surface area contributed by atoms with Crippen molar-refractivity contribution in [2.45, 2.75) is 6.10 Å². The van der Waals surface area contributed by atoms with E-state index in [0.717, 1.165) is 0 Å². The molecule has 0 aromatic rings. The molecule has 0 bridgehead atoms. The van der Waals surface area contributed by atoms with Gasteiger partial charge in [-0.3, -0.25) is 4.90 Å². The molecular weight excluding hydrogens is 274 g/mol. The normalized spacial score (nSPS) is 9.90. The Morgan fingerprint density at radius 1 is 0.550 bits per heavy atom. The molecule has 0 unspecified atom stereocenters. The van der Waals surface area contributed by atoms with Gasteiger partial charge in [0.25, 0.3) is 0 Å². The van der Waals surface area contributed by atoms with Crippen molar-refractivity contribution in [3.8, 4) is 0 Å². The van der Waals surface area contributed by atoms with E-state index < -0.39 is 6.10 Å². The van der Waals surface area contributed by atoms with E-state index in [0.29, 0.717) is 19.6 Å². The smallest absolute Gasteiger partial charge is 0.100 e. The van der Waals surface area contributed by atoms with Crippen molar-refractivity contribution < 1.29 is 40.9 Å². The predicted molar refractivity (Wildman–Crippen MR) is 72.0 cm³/mol. The average Bonchev–Trinajstić information content (AvgIpc) is 2.48. The van der Waals surface area contributed by atoms with E-state index in [1.165, 1.54) is 0 Å². The maximum absolute atomic E-state index is 8.48. The third kappa shape index (κ3) is 26.3. The third-order valence-corrected chi connectivity index (χ3v) is 1.77. The minimum Gasteiger partial charge on any atom is -0.395 e. The molecule has 0 spiro atoms. The van der Waals surface area contributed by atoms with E-state index in [-0.39, 0.29) is 46.2 Å². The Kier molecular flexibility index (Phi) is 29.2. The van der Waals surface area contributed by atoms with Crippen LogP contribution in [0.15, 0.2) is 0 Å². The lowest BCUT2D eigenvalue weighted by molar-refractivity contribution is 0.0450. The molecule has 0 aliphatic heterocycles. The highest BCUT2D eigenvalue weighted by atomic mass is 16.3. The number of aliphatic hydroxyl groups excluding tert-OH is 8. The highest BCUT2D eigenvalue weighted by molar-refractivity contribution is 4.54. The summed E-state index contributed by atoms with van der Waals surface area (Å²) in [5, 5.41) is 64.7. The van der Waals surface area contributed by atoms with Gasteiger partial charge in [-0.1, -0.05) is 0 Å². The fourth-order valence-corrected chi connectivity index (χ4v) is 0.817. The molecule has 0 radical (unpaired) electrons. The number of nitrogens with zero attached hydrogens (tertiary/aromatic N) is 1. The summed E-state index contributed by atoms with van der Waals surface area (Å²) in [5.74, 6) is 0. The molecule has 0 rings (SSSR count). The summed E-state index contributed by atoms with van der Waals surface area (Å²) in [6.07, 6.45) is -0.954. The monoisotopic (exact) mass is 303 g/mol. The first-order valence-corrected chi connectivity index (χ1v) is 6.24. The van der Waals surface area contributed by atoms with Gasteiger partial charge in [-0.25, -0.2) is 0 Å². The zero-order valence-electron chi connectivity index (χ0n) is 11.7. The Balaban J connectivity index is -0.000000246. The van der Waals surface area contributed by atoms with Crippen molar-refractivity contribution in [3.05, 3.63) is 0 Å². The van der Waals surface area contributed by atoms with Crippen molar-refractivity contribution in [3.63, 3.8) is 0 Å². The van der Waals surface area contributed by atoms with Crippen molar-refractivity contribution in [1.29, 1.82) is 0 Å². The standard InChI is InChI=1S/C6H15NO3.C3H8O3.C2H6O2/c8-4-1-7(2-5-9)3-6-10;4-1-3(6)2-5;3-1-2-4/h8-10H,1-6H2;3-6H,1-2H2;3-4H,1-2H2. The minimum absolute atomic E-state index is 0.0694. The second-order valence-electron chi connectivity index (χ2n) is 3.48. The van der Waals surface area contributed by atoms with Crippen molar-refractivity contribution >= 4 is 0 Å². The molecule has 0 amide bonds. The third-order valence-electron chi connectivity index (χ3n) is 1.77. The summed E-state index contributed by atoms with van der Waals surface area (Å²) in [6, 6.07) is 0. The lowest BCUT2D eigenvalue weighted by Gasteiger charge is -2.17. The van der Waals surface area contributed by atoms with Crippen LogP contribution in [0.3, 0.4) is 0 Å². The van der Waals surface area contributed by atoms with Gasteiger partial charge >= 0.3 is 0 Å². The van der Waals surface area contributed by atoms with Gasteiger partial charge in [0, 0.05) is 19.6 Å². The Hall–Kier alpha value is -0.360. The fraction of sp³-hybridized carbons (Fsp3) is 1.00. The average molecular weight is 303 g/mol. The second-order valence-corrected chi connectivity index (χ2v) is 3.48. The van der Waals surface area contributed by atoms with Crippen LogP contribution in [0.25, 0.3) is 0 Å². The molecule has 0 fully saturated rings. The molecule has 0 atom stereocenters. The first-order chi connectivity index (χ1) is 9.57. The molecule has 20 heavy (non-hydrogen) atoms. The van der Waals surface area contributed by atoms with Crippen LogP contribution in [0.5, 0.6) is 0 Å². The first-order valence-electron chi connectivity index (χ1n) is 6.24. The summed E-state index contributed by atoms with van der Waals surface area (Å²) in [4.78, 5) is 1.79. The Bertz CT molecular complexity index is 132. The number of hydrogen-bond acceptors (Lipinski definition) is 9. The summed E-state index contributed by atoms with van der Waals surface area (Å²) in [6.45, 7) is 0.774. The van der Waals surface area contributed by atoms with Crippen LogP contribution in [0.4, 0.5) is 0 Å². The Labute approximate surface area is 119 Å². The van der Waals surface area contributed by atoms with Crippen LogP contribution in [0.1, 0.15) is 0 Å². The van der Waals surface area contributed by atoms with E-state index in [2.05, 4.69) is 0 Å². The van der Waals surface area contributed by atoms with Gasteiger partial charge in [0.05, 0.1) is 46.2 Å². The molecule has 9 heteroatoms. The zero-order valence-corrected chi connectivity index (χ0v) is 11.7. The van der Waals surface area contributed by atoms with Gasteiger partial charge in [0.1, 0.15) is 6.10 Å². The molecule has 8 N–H and O–H groups in total. The van der Waals surface area contributed by atoms with Gasteiger partial charge in [0.2, 0.25) is 0 Å². The van der Waals surface area contributed by atoms with E-state index in [9.17, 15) is 0 Å². The van der Waals surface area contributed by atoms with Crippen LogP contribution in [-0.4, -0.2) is 118 Å². The Morgan fingerprint density at radius 2 is 0.850 bits per heavy atom. The maximum atomic E-state index is 8.48. The first kappa shape index (κ1) is 24.6. The molecule has 0 aliphatic rings. The molecule has 0 saturated carbocycles. The highest BCUT2D eigenvalue weighted by Gasteiger charge is 2.00. The largest absolute Gasteiger partial charge is 0.395 e. The number of rotatable bonds is 9. The van der Waals surface area contributed by atoms with Crippen molar-refractivity contribution in [2.75, 3.05) is 65.9 Å². The van der Waals surface area contributed by atoms with E-state index >= 15 is 0 Å². The zero-order chi connectivity index (χ0) is 16.2.